The molecule has 0 heterocycles. The van der Waals surface area contributed by atoms with Crippen molar-refractivity contribution in [2.24, 2.45) is 0 Å². The third-order valence-corrected chi connectivity index (χ3v) is 3.22. The lowest BCUT2D eigenvalue weighted by Gasteiger charge is -2.18. The zero-order chi connectivity index (χ0) is 14.7. The van der Waals surface area contributed by atoms with E-state index in [9.17, 15) is 8.78 Å². The van der Waals surface area contributed by atoms with Gasteiger partial charge in [0.2, 0.25) is 0 Å². The maximum atomic E-state index is 13.7. The van der Waals surface area contributed by atoms with E-state index < -0.39 is 17.7 Å². The summed E-state index contributed by atoms with van der Waals surface area (Å²) in [7, 11) is 1.53. The molecular weight excluding hydrogens is 284 g/mol. The number of methoxy groups -OCH3 is 1. The number of benzene rings is 2. The number of halogens is 3. The van der Waals surface area contributed by atoms with E-state index in [2.05, 4.69) is 5.32 Å². The van der Waals surface area contributed by atoms with Gasteiger partial charge in [0, 0.05) is 10.6 Å². The first-order valence-corrected chi connectivity index (χ1v) is 6.44. The Hall–Kier alpha value is -1.81. The first-order valence-electron chi connectivity index (χ1n) is 6.07. The van der Waals surface area contributed by atoms with Crippen LogP contribution in [-0.4, -0.2) is 7.11 Å². The van der Waals surface area contributed by atoms with E-state index in [1.54, 1.807) is 25.1 Å². The summed E-state index contributed by atoms with van der Waals surface area (Å²) >= 11 is 5.93. The highest BCUT2D eigenvalue weighted by molar-refractivity contribution is 6.30. The quantitative estimate of drug-likeness (QED) is 0.875. The summed E-state index contributed by atoms with van der Waals surface area (Å²) in [6.45, 7) is 1.73. The summed E-state index contributed by atoms with van der Waals surface area (Å²) in [5.41, 5.74) is 0.864. The van der Waals surface area contributed by atoms with Gasteiger partial charge in [0.1, 0.15) is 5.75 Å². The standard InChI is InChI=1S/C15H14ClF2NO/c1-9(11-4-3-5-12(17)15(11)18)19-13-8-10(16)6-7-14(13)20-2/h3-9,19H,1-2H3. The number of rotatable bonds is 4. The lowest BCUT2D eigenvalue weighted by molar-refractivity contribution is 0.416. The molecule has 0 fully saturated rings. The van der Waals surface area contributed by atoms with Gasteiger partial charge >= 0.3 is 0 Å². The van der Waals surface area contributed by atoms with Crippen LogP contribution in [-0.2, 0) is 0 Å². The van der Waals surface area contributed by atoms with Gasteiger partial charge in [-0.1, -0.05) is 23.7 Å². The van der Waals surface area contributed by atoms with E-state index in [4.69, 9.17) is 16.3 Å². The topological polar surface area (TPSA) is 21.3 Å². The molecule has 0 bridgehead atoms. The monoisotopic (exact) mass is 297 g/mol. The van der Waals surface area contributed by atoms with Crippen molar-refractivity contribution in [3.8, 4) is 5.75 Å². The molecule has 0 saturated heterocycles. The largest absolute Gasteiger partial charge is 0.495 e. The van der Waals surface area contributed by atoms with E-state index in [-0.39, 0.29) is 5.56 Å². The van der Waals surface area contributed by atoms with Gasteiger partial charge in [-0.15, -0.1) is 0 Å². The Bertz CT molecular complexity index is 619. The second kappa shape index (κ2) is 6.09. The van der Waals surface area contributed by atoms with Crippen molar-refractivity contribution in [2.75, 3.05) is 12.4 Å². The number of anilines is 1. The molecule has 2 nitrogen and oxygen atoms in total. The SMILES string of the molecule is COc1ccc(Cl)cc1NC(C)c1cccc(F)c1F. The van der Waals surface area contributed by atoms with E-state index in [1.807, 2.05) is 0 Å². The van der Waals surface area contributed by atoms with E-state index in [0.29, 0.717) is 16.5 Å². The maximum Gasteiger partial charge on any atom is 0.164 e. The van der Waals surface area contributed by atoms with Gasteiger partial charge in [-0.2, -0.15) is 0 Å². The van der Waals surface area contributed by atoms with Crippen LogP contribution in [0.1, 0.15) is 18.5 Å². The molecule has 0 spiro atoms. The van der Waals surface area contributed by atoms with Gasteiger partial charge in [-0.3, -0.25) is 0 Å². The molecule has 106 valence electrons. The van der Waals surface area contributed by atoms with Crippen molar-refractivity contribution < 1.29 is 13.5 Å². The van der Waals surface area contributed by atoms with E-state index in [1.165, 1.54) is 19.2 Å². The average Bonchev–Trinajstić information content (AvgIpc) is 2.42. The molecule has 2 aromatic rings. The molecule has 1 unspecified atom stereocenters. The molecule has 5 heteroatoms. The van der Waals surface area contributed by atoms with Crippen LogP contribution >= 0.6 is 11.6 Å². The van der Waals surface area contributed by atoms with Crippen LogP contribution in [0, 0.1) is 11.6 Å². The molecule has 1 N–H and O–H groups in total. The van der Waals surface area contributed by atoms with Crippen LogP contribution in [0.2, 0.25) is 5.02 Å². The average molecular weight is 298 g/mol. The van der Waals surface area contributed by atoms with Crippen LogP contribution in [0.25, 0.3) is 0 Å². The van der Waals surface area contributed by atoms with Crippen molar-refractivity contribution >= 4 is 17.3 Å². The Labute approximate surface area is 121 Å². The first kappa shape index (κ1) is 14.6. The van der Waals surface area contributed by atoms with Gasteiger partial charge in [0.25, 0.3) is 0 Å². The summed E-state index contributed by atoms with van der Waals surface area (Å²) < 4.78 is 32.2. The highest BCUT2D eigenvalue weighted by atomic mass is 35.5. The fourth-order valence-electron chi connectivity index (χ4n) is 1.96. The number of hydrogen-bond donors (Lipinski definition) is 1. The highest BCUT2D eigenvalue weighted by Gasteiger charge is 2.15. The molecule has 0 radical (unpaired) electrons. The molecule has 2 aromatic carbocycles. The maximum absolute atomic E-state index is 13.7. The summed E-state index contributed by atoms with van der Waals surface area (Å²) in [4.78, 5) is 0. The lowest BCUT2D eigenvalue weighted by atomic mass is 10.1. The number of nitrogens with one attached hydrogen (secondary N) is 1. The Morgan fingerprint density at radius 2 is 1.95 bits per heavy atom. The summed E-state index contributed by atoms with van der Waals surface area (Å²) in [6.07, 6.45) is 0. The number of ether oxygens (including phenoxy) is 1. The number of hydrogen-bond acceptors (Lipinski definition) is 2. The smallest absolute Gasteiger partial charge is 0.164 e. The summed E-state index contributed by atoms with van der Waals surface area (Å²) in [5, 5.41) is 3.60. The molecule has 0 amide bonds. The van der Waals surface area contributed by atoms with Crippen LogP contribution in [0.5, 0.6) is 5.75 Å². The van der Waals surface area contributed by atoms with Gasteiger partial charge in [0.15, 0.2) is 11.6 Å². The molecule has 20 heavy (non-hydrogen) atoms. The van der Waals surface area contributed by atoms with Crippen molar-refractivity contribution in [2.45, 2.75) is 13.0 Å². The molecule has 0 aliphatic carbocycles. The van der Waals surface area contributed by atoms with Crippen molar-refractivity contribution in [1.29, 1.82) is 0 Å². The van der Waals surface area contributed by atoms with Gasteiger partial charge in [0.05, 0.1) is 18.8 Å². The van der Waals surface area contributed by atoms with Gasteiger partial charge in [-0.05, 0) is 31.2 Å². The normalized spacial score (nSPS) is 12.1. The molecular formula is C15H14ClF2NO. The van der Waals surface area contributed by atoms with Crippen LogP contribution in [0.4, 0.5) is 14.5 Å². The van der Waals surface area contributed by atoms with Crippen LogP contribution < -0.4 is 10.1 Å². The molecule has 0 aromatic heterocycles. The molecule has 1 atom stereocenters. The summed E-state index contributed by atoms with van der Waals surface area (Å²) in [5.74, 6) is -1.14. The van der Waals surface area contributed by atoms with Crippen molar-refractivity contribution in [3.05, 3.63) is 58.6 Å². The lowest BCUT2D eigenvalue weighted by Crippen LogP contribution is -2.10. The van der Waals surface area contributed by atoms with Gasteiger partial charge < -0.3 is 10.1 Å². The zero-order valence-electron chi connectivity index (χ0n) is 11.1. The molecule has 0 aliphatic heterocycles. The Morgan fingerprint density at radius 1 is 1.20 bits per heavy atom. The second-order valence-electron chi connectivity index (χ2n) is 4.35. The fourth-order valence-corrected chi connectivity index (χ4v) is 2.13. The van der Waals surface area contributed by atoms with Crippen LogP contribution in [0.3, 0.4) is 0 Å². The fraction of sp³-hybridized carbons (Fsp3) is 0.200. The molecule has 2 rings (SSSR count). The van der Waals surface area contributed by atoms with E-state index in [0.717, 1.165) is 6.07 Å². The first-order chi connectivity index (χ1) is 9.52. The predicted molar refractivity (Wildman–Crippen MR) is 76.4 cm³/mol. The summed E-state index contributed by atoms with van der Waals surface area (Å²) in [6, 6.07) is 8.74. The van der Waals surface area contributed by atoms with Crippen molar-refractivity contribution in [3.63, 3.8) is 0 Å². The minimum absolute atomic E-state index is 0.243. The Morgan fingerprint density at radius 3 is 2.65 bits per heavy atom. The third-order valence-electron chi connectivity index (χ3n) is 2.98. The minimum atomic E-state index is -0.866. The Kier molecular flexibility index (Phi) is 4.45. The minimum Gasteiger partial charge on any atom is -0.495 e. The second-order valence-corrected chi connectivity index (χ2v) is 4.79. The predicted octanol–water partition coefficient (Wildman–Crippen LogP) is 4.80. The van der Waals surface area contributed by atoms with Gasteiger partial charge in [-0.25, -0.2) is 8.78 Å². The van der Waals surface area contributed by atoms with Crippen molar-refractivity contribution in [1.82, 2.24) is 0 Å². The molecule has 0 saturated carbocycles. The zero-order valence-corrected chi connectivity index (χ0v) is 11.8. The van der Waals surface area contributed by atoms with Crippen LogP contribution in [0.15, 0.2) is 36.4 Å². The third kappa shape index (κ3) is 3.02. The Balaban J connectivity index is 2.30. The highest BCUT2D eigenvalue weighted by Crippen LogP contribution is 2.31. The molecule has 0 aliphatic rings. The van der Waals surface area contributed by atoms with E-state index >= 15 is 0 Å².